The van der Waals surface area contributed by atoms with Crippen molar-refractivity contribution < 1.29 is 9.59 Å². The Bertz CT molecular complexity index is 1460. The van der Waals surface area contributed by atoms with Gasteiger partial charge in [-0.1, -0.05) is 59.4 Å². The minimum atomic E-state index is -0.372. The van der Waals surface area contributed by atoms with E-state index in [-0.39, 0.29) is 22.1 Å². The van der Waals surface area contributed by atoms with Gasteiger partial charge in [0.05, 0.1) is 26.6 Å². The molecule has 5 nitrogen and oxygen atoms in total. The van der Waals surface area contributed by atoms with E-state index in [2.05, 4.69) is 15.6 Å². The minimum absolute atomic E-state index is 0.169. The van der Waals surface area contributed by atoms with E-state index in [1.165, 1.54) is 29.2 Å². The summed E-state index contributed by atoms with van der Waals surface area (Å²) in [6.07, 6.45) is 0.592. The summed E-state index contributed by atoms with van der Waals surface area (Å²) in [4.78, 5) is 31.0. The Balaban J connectivity index is 1.41. The molecule has 0 aliphatic carbocycles. The lowest BCUT2D eigenvalue weighted by Crippen LogP contribution is -2.24. The number of nitrogens with zero attached hydrogens (tertiary/aromatic N) is 1. The van der Waals surface area contributed by atoms with Gasteiger partial charge in [0.1, 0.15) is 0 Å². The highest BCUT2D eigenvalue weighted by atomic mass is 35.5. The van der Waals surface area contributed by atoms with Crippen molar-refractivity contribution in [2.45, 2.75) is 23.5 Å². The molecule has 4 rings (SSSR count). The first-order valence-corrected chi connectivity index (χ1v) is 14.3. The average molecular weight is 611 g/mol. The van der Waals surface area contributed by atoms with Gasteiger partial charge in [-0.05, 0) is 61.0 Å². The van der Waals surface area contributed by atoms with Crippen LogP contribution >= 0.6 is 69.5 Å². The molecule has 0 aliphatic rings. The number of nitrogens with one attached hydrogen (secondary N) is 2. The molecule has 0 saturated heterocycles. The number of anilines is 2. The molecule has 37 heavy (non-hydrogen) atoms. The Morgan fingerprint density at radius 3 is 2.38 bits per heavy atom. The van der Waals surface area contributed by atoms with Crippen molar-refractivity contribution in [2.24, 2.45) is 0 Å². The van der Waals surface area contributed by atoms with Crippen molar-refractivity contribution in [2.75, 3.05) is 10.6 Å². The molecule has 1 aromatic heterocycles. The van der Waals surface area contributed by atoms with Crippen LogP contribution in [0.2, 0.25) is 20.1 Å². The lowest BCUT2D eigenvalue weighted by atomic mass is 10.2. The first kappa shape index (κ1) is 27.8. The van der Waals surface area contributed by atoms with E-state index in [1.807, 2.05) is 30.5 Å². The molecule has 1 atom stereocenters. The molecule has 3 aromatic carbocycles. The molecule has 0 spiro atoms. The van der Waals surface area contributed by atoms with Crippen LogP contribution in [0.5, 0.6) is 0 Å². The molecule has 11 heteroatoms. The summed E-state index contributed by atoms with van der Waals surface area (Å²) >= 11 is 27.1. The van der Waals surface area contributed by atoms with Gasteiger partial charge in [0.2, 0.25) is 5.91 Å². The molecule has 0 radical (unpaired) electrons. The second-order valence-corrected chi connectivity index (χ2v) is 11.6. The SMILES string of the molecule is CCC(Sc1cccc(NC(=O)c2ccc(Cl)cc2Cl)c1)C(=O)Nc1nc(-c2ccc(Cl)cc2Cl)cs1. The van der Waals surface area contributed by atoms with E-state index in [4.69, 9.17) is 46.4 Å². The van der Waals surface area contributed by atoms with Gasteiger partial charge in [0, 0.05) is 31.6 Å². The number of rotatable bonds is 8. The third-order valence-corrected chi connectivity index (χ3v) is 8.36. The van der Waals surface area contributed by atoms with Crippen LogP contribution in [0.1, 0.15) is 23.7 Å². The maximum absolute atomic E-state index is 13.0. The number of carbonyl (C=O) groups excluding carboxylic acids is 2. The lowest BCUT2D eigenvalue weighted by Gasteiger charge is -2.14. The van der Waals surface area contributed by atoms with Crippen molar-refractivity contribution in [3.8, 4) is 11.3 Å². The molecular formula is C26H19Cl4N3O2S2. The van der Waals surface area contributed by atoms with Gasteiger partial charge in [-0.15, -0.1) is 23.1 Å². The van der Waals surface area contributed by atoms with Crippen LogP contribution in [0.15, 0.2) is 70.9 Å². The average Bonchev–Trinajstić information content (AvgIpc) is 3.30. The van der Waals surface area contributed by atoms with Gasteiger partial charge in [0.15, 0.2) is 5.13 Å². The number of thiazole rings is 1. The van der Waals surface area contributed by atoms with Gasteiger partial charge < -0.3 is 10.6 Å². The summed E-state index contributed by atoms with van der Waals surface area (Å²) in [5.74, 6) is -0.521. The van der Waals surface area contributed by atoms with Crippen molar-refractivity contribution in [3.63, 3.8) is 0 Å². The molecular weight excluding hydrogens is 592 g/mol. The van der Waals surface area contributed by atoms with Gasteiger partial charge in [-0.3, -0.25) is 9.59 Å². The Morgan fingerprint density at radius 1 is 0.946 bits per heavy atom. The highest BCUT2D eigenvalue weighted by molar-refractivity contribution is 8.00. The molecule has 0 aliphatic heterocycles. The van der Waals surface area contributed by atoms with Crippen molar-refractivity contribution >= 4 is 92.1 Å². The fraction of sp³-hybridized carbons (Fsp3) is 0.115. The van der Waals surface area contributed by atoms with Gasteiger partial charge in [-0.2, -0.15) is 0 Å². The predicted molar refractivity (Wildman–Crippen MR) is 157 cm³/mol. The molecule has 4 aromatic rings. The van der Waals surface area contributed by atoms with Crippen molar-refractivity contribution in [1.82, 2.24) is 4.98 Å². The Kier molecular flexibility index (Phi) is 9.40. The molecule has 2 amide bonds. The van der Waals surface area contributed by atoms with E-state index in [0.717, 1.165) is 10.5 Å². The molecule has 1 heterocycles. The number of hydrogen-bond donors (Lipinski definition) is 2. The summed E-state index contributed by atoms with van der Waals surface area (Å²) in [6.45, 7) is 1.94. The molecule has 0 saturated carbocycles. The fourth-order valence-corrected chi connectivity index (χ4v) is 6.07. The topological polar surface area (TPSA) is 71.1 Å². The number of benzene rings is 3. The molecule has 1 unspecified atom stereocenters. The Hall–Kier alpha value is -2.26. The molecule has 0 bridgehead atoms. The van der Waals surface area contributed by atoms with E-state index in [1.54, 1.807) is 36.4 Å². The quantitative estimate of drug-likeness (QED) is 0.195. The first-order chi connectivity index (χ1) is 17.7. The molecule has 190 valence electrons. The molecule has 2 N–H and O–H groups in total. The maximum Gasteiger partial charge on any atom is 0.257 e. The van der Waals surface area contributed by atoms with Gasteiger partial charge in [0.25, 0.3) is 5.91 Å². The molecule has 0 fully saturated rings. The predicted octanol–water partition coefficient (Wildman–Crippen LogP) is 9.19. The fourth-order valence-electron chi connectivity index (χ4n) is 3.34. The van der Waals surface area contributed by atoms with Crippen LogP contribution in [0.4, 0.5) is 10.8 Å². The standard InChI is InChI=1S/C26H19Cl4N3O2S2/c1-2-23(25(35)33-26-32-22(13-36-26)18-8-6-14(27)10-20(18)29)37-17-5-3-4-16(12-17)31-24(34)19-9-7-15(28)11-21(19)30/h3-13,23H,2H2,1H3,(H,31,34)(H,32,33,35). The van der Waals surface area contributed by atoms with Crippen molar-refractivity contribution in [1.29, 1.82) is 0 Å². The van der Waals surface area contributed by atoms with Crippen LogP contribution in [0, 0.1) is 0 Å². The Labute approximate surface area is 242 Å². The highest BCUT2D eigenvalue weighted by Gasteiger charge is 2.20. The normalized spacial score (nSPS) is 11.7. The highest BCUT2D eigenvalue weighted by Crippen LogP contribution is 2.33. The lowest BCUT2D eigenvalue weighted by molar-refractivity contribution is -0.115. The monoisotopic (exact) mass is 609 g/mol. The number of halogens is 4. The van der Waals surface area contributed by atoms with Gasteiger partial charge >= 0.3 is 0 Å². The zero-order valence-electron chi connectivity index (χ0n) is 19.2. The summed E-state index contributed by atoms with van der Waals surface area (Å²) in [6, 6.07) is 17.2. The minimum Gasteiger partial charge on any atom is -0.322 e. The van der Waals surface area contributed by atoms with Crippen LogP contribution in [-0.2, 0) is 4.79 Å². The van der Waals surface area contributed by atoms with Crippen LogP contribution in [0.3, 0.4) is 0 Å². The summed E-state index contributed by atoms with van der Waals surface area (Å²) in [5, 5.41) is 9.42. The summed E-state index contributed by atoms with van der Waals surface area (Å²) in [7, 11) is 0. The largest absolute Gasteiger partial charge is 0.322 e. The first-order valence-electron chi connectivity index (χ1n) is 11.0. The van der Waals surface area contributed by atoms with Crippen LogP contribution in [-0.4, -0.2) is 22.0 Å². The van der Waals surface area contributed by atoms with E-state index < -0.39 is 0 Å². The summed E-state index contributed by atoms with van der Waals surface area (Å²) < 4.78 is 0. The summed E-state index contributed by atoms with van der Waals surface area (Å²) in [5.41, 5.74) is 2.30. The number of carbonyl (C=O) groups is 2. The smallest absolute Gasteiger partial charge is 0.257 e. The van der Waals surface area contributed by atoms with E-state index >= 15 is 0 Å². The third kappa shape index (κ3) is 7.19. The maximum atomic E-state index is 13.0. The number of amides is 2. The van der Waals surface area contributed by atoms with E-state index in [9.17, 15) is 9.59 Å². The second kappa shape index (κ2) is 12.5. The van der Waals surface area contributed by atoms with Crippen LogP contribution < -0.4 is 10.6 Å². The number of hydrogen-bond acceptors (Lipinski definition) is 5. The second-order valence-electron chi connectivity index (χ2n) is 7.77. The van der Waals surface area contributed by atoms with E-state index in [0.29, 0.717) is 43.6 Å². The zero-order valence-corrected chi connectivity index (χ0v) is 23.9. The number of aromatic nitrogens is 1. The van der Waals surface area contributed by atoms with Crippen molar-refractivity contribution in [3.05, 3.63) is 91.7 Å². The Morgan fingerprint density at radius 2 is 1.68 bits per heavy atom. The zero-order chi connectivity index (χ0) is 26.5. The van der Waals surface area contributed by atoms with Gasteiger partial charge in [-0.25, -0.2) is 4.98 Å². The third-order valence-electron chi connectivity index (χ3n) is 5.15. The number of thioether (sulfide) groups is 1. The van der Waals surface area contributed by atoms with Crippen LogP contribution in [0.25, 0.3) is 11.3 Å².